The first kappa shape index (κ1) is 13.0. The molecular formula is C12H11N5O4. The predicted molar refractivity (Wildman–Crippen MR) is 70.1 cm³/mol. The Balaban J connectivity index is 2.21. The topological polar surface area (TPSA) is 116 Å². The van der Waals surface area contributed by atoms with Gasteiger partial charge in [-0.1, -0.05) is 5.16 Å². The molecule has 21 heavy (non-hydrogen) atoms. The summed E-state index contributed by atoms with van der Waals surface area (Å²) in [5.41, 5.74) is -0.240. The lowest BCUT2D eigenvalue weighted by molar-refractivity contribution is 0.0690. The van der Waals surface area contributed by atoms with E-state index in [1.807, 2.05) is 0 Å². The molecule has 0 amide bonds. The lowest BCUT2D eigenvalue weighted by Gasteiger charge is -2.04. The second-order valence-corrected chi connectivity index (χ2v) is 4.56. The van der Waals surface area contributed by atoms with Crippen LogP contribution in [0.4, 0.5) is 0 Å². The van der Waals surface area contributed by atoms with Gasteiger partial charge in [-0.15, -0.1) is 0 Å². The number of carbonyl (C=O) groups is 1. The maximum absolute atomic E-state index is 12.3. The van der Waals surface area contributed by atoms with Gasteiger partial charge in [0.1, 0.15) is 5.76 Å². The Labute approximate surface area is 117 Å². The zero-order valence-electron chi connectivity index (χ0n) is 11.3. The van der Waals surface area contributed by atoms with Gasteiger partial charge in [-0.05, 0) is 13.0 Å². The van der Waals surface area contributed by atoms with Crippen LogP contribution in [0.2, 0.25) is 0 Å². The predicted octanol–water partition coefficient (Wildman–Crippen LogP) is 0.173. The van der Waals surface area contributed by atoms with Crippen LogP contribution in [-0.4, -0.2) is 35.8 Å². The van der Waals surface area contributed by atoms with E-state index in [0.29, 0.717) is 5.69 Å². The van der Waals surface area contributed by atoms with Crippen molar-refractivity contribution < 1.29 is 14.4 Å². The number of aromatic nitrogens is 5. The van der Waals surface area contributed by atoms with Gasteiger partial charge in [-0.25, -0.2) is 9.48 Å². The SMILES string of the molecule is Cc1onc2c(=O)n(Cc3ccn(C)n3)nc(C(=O)O)c12. The Hall–Kier alpha value is -2.97. The molecule has 3 rings (SSSR count). The zero-order chi connectivity index (χ0) is 15.1. The first-order valence-corrected chi connectivity index (χ1v) is 6.06. The Kier molecular flexibility index (Phi) is 2.82. The number of nitrogens with zero attached hydrogens (tertiary/aromatic N) is 5. The fourth-order valence-electron chi connectivity index (χ4n) is 2.09. The third-order valence-electron chi connectivity index (χ3n) is 3.04. The second kappa shape index (κ2) is 4.54. The number of hydrogen-bond donors (Lipinski definition) is 1. The van der Waals surface area contributed by atoms with Crippen molar-refractivity contribution in [3.8, 4) is 0 Å². The van der Waals surface area contributed by atoms with Gasteiger partial charge < -0.3 is 9.63 Å². The Morgan fingerprint density at radius 2 is 2.19 bits per heavy atom. The highest BCUT2D eigenvalue weighted by atomic mass is 16.5. The van der Waals surface area contributed by atoms with Crippen LogP contribution >= 0.6 is 0 Å². The second-order valence-electron chi connectivity index (χ2n) is 4.56. The molecule has 9 nitrogen and oxygen atoms in total. The molecule has 3 aromatic heterocycles. The molecule has 0 saturated carbocycles. The number of aromatic carboxylic acids is 1. The van der Waals surface area contributed by atoms with Crippen molar-refractivity contribution in [3.63, 3.8) is 0 Å². The van der Waals surface area contributed by atoms with Crippen molar-refractivity contribution >= 4 is 16.9 Å². The molecule has 0 aliphatic heterocycles. The largest absolute Gasteiger partial charge is 0.476 e. The average Bonchev–Trinajstić information content (AvgIpc) is 3.00. The zero-order valence-corrected chi connectivity index (χ0v) is 11.3. The summed E-state index contributed by atoms with van der Waals surface area (Å²) in [6.07, 6.45) is 1.72. The monoisotopic (exact) mass is 289 g/mol. The van der Waals surface area contributed by atoms with Crippen molar-refractivity contribution in [2.24, 2.45) is 7.05 Å². The number of aryl methyl sites for hydroxylation is 2. The van der Waals surface area contributed by atoms with Crippen LogP contribution in [0, 0.1) is 6.92 Å². The van der Waals surface area contributed by atoms with Crippen LogP contribution in [0.25, 0.3) is 10.9 Å². The van der Waals surface area contributed by atoms with E-state index in [2.05, 4.69) is 15.4 Å². The van der Waals surface area contributed by atoms with Gasteiger partial charge in [-0.2, -0.15) is 10.2 Å². The quantitative estimate of drug-likeness (QED) is 0.730. The molecule has 3 aromatic rings. The third-order valence-corrected chi connectivity index (χ3v) is 3.04. The van der Waals surface area contributed by atoms with Gasteiger partial charge in [-0.3, -0.25) is 9.48 Å². The first-order chi connectivity index (χ1) is 9.97. The fourth-order valence-corrected chi connectivity index (χ4v) is 2.09. The lowest BCUT2D eigenvalue weighted by Crippen LogP contribution is -2.26. The Morgan fingerprint density at radius 1 is 1.43 bits per heavy atom. The fraction of sp³-hybridized carbons (Fsp3) is 0.250. The Morgan fingerprint density at radius 3 is 2.81 bits per heavy atom. The molecule has 0 atom stereocenters. The summed E-state index contributed by atoms with van der Waals surface area (Å²) < 4.78 is 7.51. The van der Waals surface area contributed by atoms with E-state index in [1.165, 1.54) is 6.92 Å². The van der Waals surface area contributed by atoms with E-state index in [-0.39, 0.29) is 28.9 Å². The molecule has 0 bridgehead atoms. The standard InChI is InChI=1S/C12H11N5O4/c1-6-8-9(15-21-6)11(18)17(14-10(8)12(19)20)5-7-3-4-16(2)13-7/h3-4H,5H2,1-2H3,(H,19,20). The molecule has 1 N–H and O–H groups in total. The van der Waals surface area contributed by atoms with Gasteiger partial charge in [0.05, 0.1) is 17.6 Å². The molecular weight excluding hydrogens is 278 g/mol. The maximum atomic E-state index is 12.3. The Bertz CT molecular complexity index is 904. The summed E-state index contributed by atoms with van der Waals surface area (Å²) in [6, 6.07) is 1.72. The number of hydrogen-bond acceptors (Lipinski definition) is 6. The molecule has 0 aliphatic carbocycles. The average molecular weight is 289 g/mol. The van der Waals surface area contributed by atoms with Crippen LogP contribution in [-0.2, 0) is 13.6 Å². The third kappa shape index (κ3) is 2.08. The summed E-state index contributed by atoms with van der Waals surface area (Å²) in [4.78, 5) is 23.6. The number of carboxylic acids is 1. The molecule has 108 valence electrons. The van der Waals surface area contributed by atoms with E-state index in [4.69, 9.17) is 4.52 Å². The molecule has 0 aromatic carbocycles. The maximum Gasteiger partial charge on any atom is 0.357 e. The molecule has 0 saturated heterocycles. The van der Waals surface area contributed by atoms with Crippen molar-refractivity contribution in [2.75, 3.05) is 0 Å². The molecule has 0 radical (unpaired) electrons. The lowest BCUT2D eigenvalue weighted by atomic mass is 10.2. The minimum absolute atomic E-state index is 0.0455. The van der Waals surface area contributed by atoms with Gasteiger partial charge in [0, 0.05) is 13.2 Å². The van der Waals surface area contributed by atoms with E-state index < -0.39 is 11.5 Å². The van der Waals surface area contributed by atoms with Crippen molar-refractivity contribution in [1.29, 1.82) is 0 Å². The molecule has 3 heterocycles. The van der Waals surface area contributed by atoms with Crippen molar-refractivity contribution in [3.05, 3.63) is 39.8 Å². The highest BCUT2D eigenvalue weighted by Crippen LogP contribution is 2.17. The molecule has 0 unspecified atom stereocenters. The summed E-state index contributed by atoms with van der Waals surface area (Å²) in [7, 11) is 1.74. The number of carboxylic acid groups (broad SMARTS) is 1. The van der Waals surface area contributed by atoms with Gasteiger partial charge in [0.25, 0.3) is 5.56 Å². The van der Waals surface area contributed by atoms with Crippen LogP contribution in [0.15, 0.2) is 21.6 Å². The highest BCUT2D eigenvalue weighted by molar-refractivity contribution is 6.00. The first-order valence-electron chi connectivity index (χ1n) is 6.06. The molecule has 0 aliphatic rings. The van der Waals surface area contributed by atoms with Crippen LogP contribution < -0.4 is 5.56 Å². The van der Waals surface area contributed by atoms with Crippen LogP contribution in [0.3, 0.4) is 0 Å². The number of rotatable bonds is 3. The highest BCUT2D eigenvalue weighted by Gasteiger charge is 2.22. The van der Waals surface area contributed by atoms with Crippen molar-refractivity contribution in [1.82, 2.24) is 24.7 Å². The van der Waals surface area contributed by atoms with E-state index >= 15 is 0 Å². The smallest absolute Gasteiger partial charge is 0.357 e. The molecule has 0 spiro atoms. The number of fused-ring (bicyclic) bond motifs is 1. The minimum Gasteiger partial charge on any atom is -0.476 e. The normalized spacial score (nSPS) is 11.1. The molecule has 0 fully saturated rings. The van der Waals surface area contributed by atoms with Crippen LogP contribution in [0.5, 0.6) is 0 Å². The van der Waals surface area contributed by atoms with Crippen molar-refractivity contribution in [2.45, 2.75) is 13.5 Å². The van der Waals surface area contributed by atoms with Crippen LogP contribution in [0.1, 0.15) is 21.9 Å². The summed E-state index contributed by atoms with van der Waals surface area (Å²) in [5, 5.41) is 21.0. The van der Waals surface area contributed by atoms with Gasteiger partial charge in [0.2, 0.25) is 0 Å². The minimum atomic E-state index is -1.25. The summed E-state index contributed by atoms with van der Waals surface area (Å²) in [5.74, 6) is -1.00. The van der Waals surface area contributed by atoms with Gasteiger partial charge >= 0.3 is 5.97 Å². The summed E-state index contributed by atoms with van der Waals surface area (Å²) in [6.45, 7) is 1.59. The summed E-state index contributed by atoms with van der Waals surface area (Å²) >= 11 is 0. The van der Waals surface area contributed by atoms with E-state index in [9.17, 15) is 14.7 Å². The van der Waals surface area contributed by atoms with E-state index in [1.54, 1.807) is 24.0 Å². The van der Waals surface area contributed by atoms with Gasteiger partial charge in [0.15, 0.2) is 11.2 Å². The van der Waals surface area contributed by atoms with E-state index in [0.717, 1.165) is 4.68 Å². The molecule has 9 heteroatoms.